The van der Waals surface area contributed by atoms with Gasteiger partial charge in [-0.15, -0.1) is 0 Å². The van der Waals surface area contributed by atoms with Crippen molar-refractivity contribution in [1.29, 1.82) is 0 Å². The maximum Gasteiger partial charge on any atom is 0.242 e. The van der Waals surface area contributed by atoms with Gasteiger partial charge in [0.25, 0.3) is 0 Å². The molecule has 0 aromatic rings. The average molecular weight is 227 g/mol. The molecular formula is C11H21N3O2. The minimum Gasteiger partial charge on any atom is -0.339 e. The monoisotopic (exact) mass is 227 g/mol. The van der Waals surface area contributed by atoms with Gasteiger partial charge in [-0.25, -0.2) is 0 Å². The Bertz CT molecular complexity index is 250. The van der Waals surface area contributed by atoms with Crippen LogP contribution in [0.25, 0.3) is 0 Å². The van der Waals surface area contributed by atoms with Gasteiger partial charge >= 0.3 is 0 Å². The number of amides is 2. The molecule has 0 aliphatic carbocycles. The van der Waals surface area contributed by atoms with Crippen molar-refractivity contribution in [3.05, 3.63) is 0 Å². The van der Waals surface area contributed by atoms with E-state index in [1.165, 1.54) is 4.90 Å². The van der Waals surface area contributed by atoms with E-state index in [4.69, 9.17) is 0 Å². The lowest BCUT2D eigenvalue weighted by molar-refractivity contribution is -0.139. The Morgan fingerprint density at radius 3 is 2.50 bits per heavy atom. The number of nitrogens with zero attached hydrogens (tertiary/aromatic N) is 2. The third-order valence-electron chi connectivity index (χ3n) is 2.73. The molecule has 1 saturated heterocycles. The van der Waals surface area contributed by atoms with Gasteiger partial charge in [0, 0.05) is 39.6 Å². The quantitative estimate of drug-likeness (QED) is 0.716. The lowest BCUT2D eigenvalue weighted by Gasteiger charge is -2.29. The first-order chi connectivity index (χ1) is 7.65. The number of hydrogen-bond acceptors (Lipinski definition) is 3. The maximum atomic E-state index is 11.8. The molecule has 0 saturated carbocycles. The van der Waals surface area contributed by atoms with Crippen molar-refractivity contribution in [2.45, 2.75) is 19.8 Å². The van der Waals surface area contributed by atoms with Gasteiger partial charge in [0.1, 0.15) is 0 Å². The summed E-state index contributed by atoms with van der Waals surface area (Å²) in [5, 5.41) is 3.19. The van der Waals surface area contributed by atoms with Crippen molar-refractivity contribution in [3.8, 4) is 0 Å². The molecule has 0 aromatic heterocycles. The van der Waals surface area contributed by atoms with E-state index < -0.39 is 0 Å². The Labute approximate surface area is 96.8 Å². The number of carbonyl (C=O) groups excluding carboxylic acids is 2. The Hall–Kier alpha value is -1.10. The largest absolute Gasteiger partial charge is 0.339 e. The van der Waals surface area contributed by atoms with E-state index >= 15 is 0 Å². The summed E-state index contributed by atoms with van der Waals surface area (Å²) in [4.78, 5) is 26.7. The second kappa shape index (κ2) is 6.48. The van der Waals surface area contributed by atoms with E-state index in [1.54, 1.807) is 7.05 Å². The van der Waals surface area contributed by atoms with Crippen LogP contribution in [0, 0.1) is 0 Å². The van der Waals surface area contributed by atoms with Crippen LogP contribution in [0.5, 0.6) is 0 Å². The summed E-state index contributed by atoms with van der Waals surface area (Å²) in [6.07, 6.45) is 1.34. The SMILES string of the molecule is CCCC(=O)N(C)CC(=O)N1CCNCC1. The van der Waals surface area contributed by atoms with Crippen molar-refractivity contribution in [1.82, 2.24) is 15.1 Å². The van der Waals surface area contributed by atoms with Crippen LogP contribution in [0.4, 0.5) is 0 Å². The smallest absolute Gasteiger partial charge is 0.242 e. The van der Waals surface area contributed by atoms with Crippen molar-refractivity contribution >= 4 is 11.8 Å². The minimum absolute atomic E-state index is 0.0472. The summed E-state index contributed by atoms with van der Waals surface area (Å²) in [5.74, 6) is 0.0967. The first kappa shape index (κ1) is 13.0. The highest BCUT2D eigenvalue weighted by Crippen LogP contribution is 1.98. The fourth-order valence-corrected chi connectivity index (χ4v) is 1.71. The van der Waals surface area contributed by atoms with Crippen LogP contribution in [0.3, 0.4) is 0 Å². The predicted octanol–water partition coefficient (Wildman–Crippen LogP) is -0.323. The molecule has 0 radical (unpaired) electrons. The molecule has 1 heterocycles. The van der Waals surface area contributed by atoms with Crippen LogP contribution >= 0.6 is 0 Å². The summed E-state index contributed by atoms with van der Waals surface area (Å²) >= 11 is 0. The fraction of sp³-hybridized carbons (Fsp3) is 0.818. The topological polar surface area (TPSA) is 52.7 Å². The minimum atomic E-state index is 0.0472. The number of rotatable bonds is 4. The van der Waals surface area contributed by atoms with E-state index in [-0.39, 0.29) is 18.4 Å². The average Bonchev–Trinajstić information content (AvgIpc) is 2.30. The van der Waals surface area contributed by atoms with Crippen molar-refractivity contribution in [3.63, 3.8) is 0 Å². The zero-order chi connectivity index (χ0) is 12.0. The third kappa shape index (κ3) is 3.81. The molecule has 1 N–H and O–H groups in total. The zero-order valence-electron chi connectivity index (χ0n) is 10.2. The molecule has 0 aromatic carbocycles. The molecule has 1 rings (SSSR count). The molecule has 0 bridgehead atoms. The standard InChI is InChI=1S/C11H21N3O2/c1-3-4-10(15)13(2)9-11(16)14-7-5-12-6-8-14/h12H,3-9H2,1-2H3. The Balaban J connectivity index is 2.34. The third-order valence-corrected chi connectivity index (χ3v) is 2.73. The highest BCUT2D eigenvalue weighted by atomic mass is 16.2. The Kier molecular flexibility index (Phi) is 5.25. The first-order valence-corrected chi connectivity index (χ1v) is 5.87. The molecule has 0 spiro atoms. The molecule has 5 nitrogen and oxygen atoms in total. The van der Waals surface area contributed by atoms with Gasteiger partial charge < -0.3 is 15.1 Å². The van der Waals surface area contributed by atoms with Gasteiger partial charge in [-0.3, -0.25) is 9.59 Å². The van der Waals surface area contributed by atoms with Crippen molar-refractivity contribution in [2.75, 3.05) is 39.8 Å². The van der Waals surface area contributed by atoms with E-state index in [9.17, 15) is 9.59 Å². The molecule has 1 fully saturated rings. The maximum absolute atomic E-state index is 11.8. The summed E-state index contributed by atoms with van der Waals surface area (Å²) in [6.45, 7) is 5.35. The van der Waals surface area contributed by atoms with Crippen LogP contribution in [0.15, 0.2) is 0 Å². The molecule has 2 amide bonds. The number of nitrogens with one attached hydrogen (secondary N) is 1. The van der Waals surface area contributed by atoms with Gasteiger partial charge in [0.05, 0.1) is 6.54 Å². The summed E-state index contributed by atoms with van der Waals surface area (Å²) in [5.41, 5.74) is 0. The molecule has 0 unspecified atom stereocenters. The summed E-state index contributed by atoms with van der Waals surface area (Å²) < 4.78 is 0. The highest BCUT2D eigenvalue weighted by molar-refractivity contribution is 5.84. The highest BCUT2D eigenvalue weighted by Gasteiger charge is 2.19. The molecule has 5 heteroatoms. The van der Waals surface area contributed by atoms with E-state index in [1.807, 2.05) is 11.8 Å². The van der Waals surface area contributed by atoms with E-state index in [2.05, 4.69) is 5.32 Å². The predicted molar refractivity (Wildman–Crippen MR) is 62.0 cm³/mol. The second-order valence-electron chi connectivity index (χ2n) is 4.13. The molecule has 92 valence electrons. The number of piperazine rings is 1. The molecule has 1 aliphatic rings. The fourth-order valence-electron chi connectivity index (χ4n) is 1.71. The number of hydrogen-bond donors (Lipinski definition) is 1. The lowest BCUT2D eigenvalue weighted by atomic mass is 10.3. The van der Waals surface area contributed by atoms with Gasteiger partial charge in [-0.05, 0) is 6.42 Å². The van der Waals surface area contributed by atoms with Crippen LogP contribution in [0.2, 0.25) is 0 Å². The van der Waals surface area contributed by atoms with Gasteiger partial charge in [-0.1, -0.05) is 6.92 Å². The van der Waals surface area contributed by atoms with Crippen molar-refractivity contribution < 1.29 is 9.59 Å². The molecule has 1 aliphatic heterocycles. The van der Waals surface area contributed by atoms with E-state index in [0.717, 1.165) is 32.6 Å². The second-order valence-corrected chi connectivity index (χ2v) is 4.13. The van der Waals surface area contributed by atoms with Crippen LogP contribution in [-0.4, -0.2) is 61.4 Å². The molecule has 16 heavy (non-hydrogen) atoms. The summed E-state index contributed by atoms with van der Waals surface area (Å²) in [7, 11) is 1.69. The van der Waals surface area contributed by atoms with Crippen molar-refractivity contribution in [2.24, 2.45) is 0 Å². The van der Waals surface area contributed by atoms with Gasteiger partial charge in [0.2, 0.25) is 11.8 Å². The number of carbonyl (C=O) groups is 2. The van der Waals surface area contributed by atoms with Gasteiger partial charge in [0.15, 0.2) is 0 Å². The Morgan fingerprint density at radius 1 is 1.31 bits per heavy atom. The normalized spacial score (nSPS) is 16.0. The Morgan fingerprint density at radius 2 is 1.94 bits per heavy atom. The first-order valence-electron chi connectivity index (χ1n) is 5.87. The lowest BCUT2D eigenvalue weighted by Crippen LogP contribution is -2.49. The van der Waals surface area contributed by atoms with Crippen LogP contribution in [0.1, 0.15) is 19.8 Å². The zero-order valence-corrected chi connectivity index (χ0v) is 10.2. The number of likely N-dealkylation sites (N-methyl/N-ethyl adjacent to an activating group) is 1. The van der Waals surface area contributed by atoms with Crippen LogP contribution in [-0.2, 0) is 9.59 Å². The van der Waals surface area contributed by atoms with E-state index in [0.29, 0.717) is 6.42 Å². The summed E-state index contributed by atoms with van der Waals surface area (Å²) in [6, 6.07) is 0. The van der Waals surface area contributed by atoms with Gasteiger partial charge in [-0.2, -0.15) is 0 Å². The molecular weight excluding hydrogens is 206 g/mol. The molecule has 0 atom stereocenters. The van der Waals surface area contributed by atoms with Crippen LogP contribution < -0.4 is 5.32 Å².